The van der Waals surface area contributed by atoms with E-state index in [9.17, 15) is 19.8 Å². The van der Waals surface area contributed by atoms with Crippen LogP contribution < -0.4 is 0 Å². The van der Waals surface area contributed by atoms with Crippen molar-refractivity contribution in [1.29, 1.82) is 5.41 Å². The summed E-state index contributed by atoms with van der Waals surface area (Å²) in [5, 5.41) is 27.1. The van der Waals surface area contributed by atoms with Crippen LogP contribution in [-0.4, -0.2) is 68.2 Å². The third-order valence-electron chi connectivity index (χ3n) is 4.82. The zero-order valence-electron chi connectivity index (χ0n) is 13.2. The molecule has 7 nitrogen and oxygen atoms in total. The standard InChI is InChI=1S/C15H21N3O4S/c1-7(19)12-10-5-11(13(15(21)22)18(10)14(12)20)23-9-3-4-17(6-9)8(2)16/h7,9-10,12,16,19H,3-6H2,1-2H3,(H,21,22)/t7?,9-,10-,12-/m1/s1. The number of carboxylic acids is 1. The van der Waals surface area contributed by atoms with Gasteiger partial charge in [-0.2, -0.15) is 0 Å². The summed E-state index contributed by atoms with van der Waals surface area (Å²) in [6.45, 7) is 4.87. The summed E-state index contributed by atoms with van der Waals surface area (Å²) in [6.07, 6.45) is 0.648. The number of aliphatic hydroxyl groups is 1. The summed E-state index contributed by atoms with van der Waals surface area (Å²) < 4.78 is 0. The maximum Gasteiger partial charge on any atom is 0.353 e. The van der Waals surface area contributed by atoms with Gasteiger partial charge in [-0.1, -0.05) is 0 Å². The molecule has 2 saturated heterocycles. The third kappa shape index (κ3) is 2.63. The summed E-state index contributed by atoms with van der Waals surface area (Å²) in [5.41, 5.74) is 0.0897. The van der Waals surface area contributed by atoms with E-state index in [0.29, 0.717) is 12.3 Å². The second kappa shape index (κ2) is 5.83. The number of amides is 1. The molecule has 3 rings (SSSR count). The molecular weight excluding hydrogens is 318 g/mol. The molecule has 0 aromatic carbocycles. The maximum absolute atomic E-state index is 12.1. The summed E-state index contributed by atoms with van der Waals surface area (Å²) in [6, 6.07) is -0.224. The number of carbonyl (C=O) groups is 2. The lowest BCUT2D eigenvalue weighted by Gasteiger charge is -2.44. The number of aliphatic carboxylic acids is 1. The van der Waals surface area contributed by atoms with Crippen molar-refractivity contribution < 1.29 is 19.8 Å². The molecule has 0 aliphatic carbocycles. The van der Waals surface area contributed by atoms with Crippen LogP contribution >= 0.6 is 11.8 Å². The summed E-state index contributed by atoms with van der Waals surface area (Å²) in [4.78, 5) is 27.8. The normalized spacial score (nSPS) is 31.3. The van der Waals surface area contributed by atoms with Crippen molar-refractivity contribution in [3.8, 4) is 0 Å². The number of β-lactam (4-membered cyclic amide) rings is 1. The lowest BCUT2D eigenvalue weighted by molar-refractivity contribution is -0.161. The highest BCUT2D eigenvalue weighted by molar-refractivity contribution is 8.03. The Morgan fingerprint density at radius 2 is 2.17 bits per heavy atom. The van der Waals surface area contributed by atoms with Crippen molar-refractivity contribution in [3.63, 3.8) is 0 Å². The first-order valence-corrected chi connectivity index (χ1v) is 8.63. The van der Waals surface area contributed by atoms with Gasteiger partial charge in [-0.05, 0) is 20.3 Å². The van der Waals surface area contributed by atoms with E-state index >= 15 is 0 Å². The van der Waals surface area contributed by atoms with Gasteiger partial charge in [0.05, 0.1) is 23.9 Å². The number of nitrogens with one attached hydrogen (secondary N) is 1. The molecule has 1 unspecified atom stereocenters. The fourth-order valence-electron chi connectivity index (χ4n) is 3.67. The SMILES string of the molecule is CC(=N)N1CC[C@@H](SC2=C(C(=O)O)N3C(=O)[C@H](C(C)O)[C@H]3C2)C1. The van der Waals surface area contributed by atoms with Crippen LogP contribution in [0, 0.1) is 11.3 Å². The molecule has 3 aliphatic heterocycles. The fourth-order valence-corrected chi connectivity index (χ4v) is 5.11. The zero-order chi connectivity index (χ0) is 16.9. The van der Waals surface area contributed by atoms with Crippen LogP contribution in [-0.2, 0) is 9.59 Å². The first-order valence-electron chi connectivity index (χ1n) is 7.75. The second-order valence-electron chi connectivity index (χ2n) is 6.38. The highest BCUT2D eigenvalue weighted by Gasteiger charge is 2.57. The molecule has 3 aliphatic rings. The van der Waals surface area contributed by atoms with Gasteiger partial charge in [-0.25, -0.2) is 4.79 Å². The first-order chi connectivity index (χ1) is 10.8. The Morgan fingerprint density at radius 1 is 1.48 bits per heavy atom. The Hall–Kier alpha value is -1.54. The second-order valence-corrected chi connectivity index (χ2v) is 7.78. The van der Waals surface area contributed by atoms with E-state index in [4.69, 9.17) is 5.41 Å². The van der Waals surface area contributed by atoms with Gasteiger partial charge in [0.1, 0.15) is 5.70 Å². The molecule has 2 fully saturated rings. The van der Waals surface area contributed by atoms with Gasteiger partial charge in [-0.15, -0.1) is 11.8 Å². The van der Waals surface area contributed by atoms with Gasteiger partial charge in [0.15, 0.2) is 0 Å². The van der Waals surface area contributed by atoms with E-state index in [1.807, 2.05) is 4.90 Å². The molecular formula is C15H21N3O4S. The predicted molar refractivity (Wildman–Crippen MR) is 86.1 cm³/mol. The molecule has 3 N–H and O–H groups in total. The molecule has 0 radical (unpaired) electrons. The number of fused-ring (bicyclic) bond motifs is 1. The molecule has 0 spiro atoms. The Balaban J connectivity index is 1.75. The number of thioether (sulfide) groups is 1. The van der Waals surface area contributed by atoms with E-state index in [1.165, 1.54) is 16.7 Å². The van der Waals surface area contributed by atoms with Crippen LogP contribution in [0.15, 0.2) is 10.6 Å². The van der Waals surface area contributed by atoms with Crippen molar-refractivity contribution in [2.75, 3.05) is 13.1 Å². The Kier molecular flexibility index (Phi) is 4.14. The zero-order valence-corrected chi connectivity index (χ0v) is 14.0. The lowest BCUT2D eigenvalue weighted by Crippen LogP contribution is -2.61. The molecule has 126 valence electrons. The number of carbonyl (C=O) groups excluding carboxylic acids is 1. The monoisotopic (exact) mass is 339 g/mol. The largest absolute Gasteiger partial charge is 0.477 e. The molecule has 3 heterocycles. The van der Waals surface area contributed by atoms with Crippen LogP contribution in [0.3, 0.4) is 0 Å². The van der Waals surface area contributed by atoms with Crippen LogP contribution in [0.1, 0.15) is 26.7 Å². The number of hydrogen-bond donors (Lipinski definition) is 3. The van der Waals surface area contributed by atoms with Gasteiger partial charge in [-0.3, -0.25) is 10.2 Å². The molecule has 4 atom stereocenters. The molecule has 0 aromatic heterocycles. The quantitative estimate of drug-likeness (QED) is 0.396. The molecule has 8 heteroatoms. The van der Waals surface area contributed by atoms with Crippen molar-refractivity contribution in [1.82, 2.24) is 9.80 Å². The number of rotatable bonds is 4. The number of amidine groups is 1. The molecule has 0 saturated carbocycles. The van der Waals surface area contributed by atoms with Gasteiger partial charge >= 0.3 is 5.97 Å². The van der Waals surface area contributed by atoms with E-state index in [1.54, 1.807) is 13.8 Å². The Morgan fingerprint density at radius 3 is 2.70 bits per heavy atom. The average Bonchev–Trinajstić information content (AvgIpc) is 3.02. The maximum atomic E-state index is 12.1. The van der Waals surface area contributed by atoms with Crippen LogP contribution in [0.4, 0.5) is 0 Å². The minimum absolute atomic E-state index is 0.0897. The third-order valence-corrected chi connectivity index (χ3v) is 6.18. The van der Waals surface area contributed by atoms with Crippen molar-refractivity contribution in [3.05, 3.63) is 10.6 Å². The number of likely N-dealkylation sites (tertiary alicyclic amines) is 1. The minimum Gasteiger partial charge on any atom is -0.477 e. The van der Waals surface area contributed by atoms with E-state index < -0.39 is 18.0 Å². The van der Waals surface area contributed by atoms with Crippen molar-refractivity contribution >= 4 is 29.5 Å². The van der Waals surface area contributed by atoms with E-state index in [-0.39, 0.29) is 22.9 Å². The van der Waals surface area contributed by atoms with Gasteiger partial charge in [0, 0.05) is 29.7 Å². The summed E-state index contributed by atoms with van der Waals surface area (Å²) in [7, 11) is 0. The lowest BCUT2D eigenvalue weighted by atomic mass is 9.83. The van der Waals surface area contributed by atoms with Crippen LogP contribution in [0.2, 0.25) is 0 Å². The Bertz CT molecular complexity index is 604. The predicted octanol–water partition coefficient (Wildman–Crippen LogP) is 0.699. The smallest absolute Gasteiger partial charge is 0.353 e. The number of aliphatic hydroxyl groups excluding tert-OH is 1. The fraction of sp³-hybridized carbons (Fsp3) is 0.667. The minimum atomic E-state index is -1.08. The summed E-state index contributed by atoms with van der Waals surface area (Å²) in [5.74, 6) is -1.33. The average molecular weight is 339 g/mol. The first kappa shape index (κ1) is 16.3. The molecule has 0 aromatic rings. The van der Waals surface area contributed by atoms with Gasteiger partial charge in [0.2, 0.25) is 5.91 Å². The topological polar surface area (TPSA) is 105 Å². The number of nitrogens with zero attached hydrogens (tertiary/aromatic N) is 2. The van der Waals surface area contributed by atoms with E-state index in [0.717, 1.165) is 24.4 Å². The van der Waals surface area contributed by atoms with Gasteiger partial charge < -0.3 is 20.0 Å². The molecule has 23 heavy (non-hydrogen) atoms. The Labute approximate surface area is 138 Å². The highest BCUT2D eigenvalue weighted by atomic mass is 32.2. The van der Waals surface area contributed by atoms with Crippen molar-refractivity contribution in [2.45, 2.75) is 44.1 Å². The summed E-state index contributed by atoms with van der Waals surface area (Å²) >= 11 is 1.52. The number of carboxylic acid groups (broad SMARTS) is 1. The van der Waals surface area contributed by atoms with E-state index in [2.05, 4.69) is 0 Å². The van der Waals surface area contributed by atoms with Crippen LogP contribution in [0.5, 0.6) is 0 Å². The highest BCUT2D eigenvalue weighted by Crippen LogP contribution is 2.48. The van der Waals surface area contributed by atoms with Gasteiger partial charge in [0.25, 0.3) is 0 Å². The molecule has 0 bridgehead atoms. The van der Waals surface area contributed by atoms with Crippen LogP contribution in [0.25, 0.3) is 0 Å². The van der Waals surface area contributed by atoms with Crippen molar-refractivity contribution in [2.24, 2.45) is 5.92 Å². The number of hydrogen-bond acceptors (Lipinski definition) is 5. The molecule has 1 amide bonds.